The standard InChI is InChI=1S/C12H12N4O4/c17-10-3-1-2-8(15-10)11(18)16-9(12(19)20)4-7-5-13-6-14-7/h1-3,5-6,9H,4H2,(H,13,14)(H,15,17)(H,16,18)(H,19,20)/t9-/m0/s1. The number of pyridine rings is 1. The zero-order chi connectivity index (χ0) is 14.5. The van der Waals surface area contributed by atoms with Gasteiger partial charge in [-0.05, 0) is 6.07 Å². The van der Waals surface area contributed by atoms with Gasteiger partial charge in [0, 0.05) is 24.4 Å². The number of hydrogen-bond acceptors (Lipinski definition) is 4. The molecule has 0 saturated carbocycles. The number of nitrogens with one attached hydrogen (secondary N) is 3. The normalized spacial score (nSPS) is 11.8. The van der Waals surface area contributed by atoms with Crippen LogP contribution in [0.3, 0.4) is 0 Å². The van der Waals surface area contributed by atoms with Crippen molar-refractivity contribution in [3.8, 4) is 0 Å². The Morgan fingerprint density at radius 3 is 2.80 bits per heavy atom. The van der Waals surface area contributed by atoms with Crippen LogP contribution < -0.4 is 10.9 Å². The van der Waals surface area contributed by atoms with Gasteiger partial charge in [-0.15, -0.1) is 0 Å². The minimum Gasteiger partial charge on any atom is -0.480 e. The van der Waals surface area contributed by atoms with Crippen molar-refractivity contribution in [1.29, 1.82) is 0 Å². The molecule has 0 aliphatic carbocycles. The second-order valence-electron chi connectivity index (χ2n) is 4.07. The Morgan fingerprint density at radius 1 is 1.40 bits per heavy atom. The van der Waals surface area contributed by atoms with Crippen molar-refractivity contribution >= 4 is 11.9 Å². The van der Waals surface area contributed by atoms with Crippen LogP contribution in [0.2, 0.25) is 0 Å². The Kier molecular flexibility index (Phi) is 3.94. The molecule has 0 aromatic carbocycles. The molecule has 0 aliphatic heterocycles. The zero-order valence-corrected chi connectivity index (χ0v) is 10.3. The van der Waals surface area contributed by atoms with Crippen molar-refractivity contribution in [3.05, 3.63) is 52.5 Å². The average molecular weight is 276 g/mol. The summed E-state index contributed by atoms with van der Waals surface area (Å²) < 4.78 is 0. The van der Waals surface area contributed by atoms with Crippen LogP contribution in [0.25, 0.3) is 0 Å². The van der Waals surface area contributed by atoms with Crippen LogP contribution in [-0.4, -0.2) is 38.0 Å². The van der Waals surface area contributed by atoms with Crippen LogP contribution >= 0.6 is 0 Å². The third-order valence-electron chi connectivity index (χ3n) is 2.60. The summed E-state index contributed by atoms with van der Waals surface area (Å²) in [5, 5.41) is 11.4. The van der Waals surface area contributed by atoms with E-state index in [0.29, 0.717) is 5.69 Å². The summed E-state index contributed by atoms with van der Waals surface area (Å²) in [6.07, 6.45) is 2.97. The molecule has 0 saturated heterocycles. The first-order chi connectivity index (χ1) is 9.56. The monoisotopic (exact) mass is 276 g/mol. The van der Waals surface area contributed by atoms with E-state index in [2.05, 4.69) is 20.3 Å². The molecule has 2 aromatic heterocycles. The minimum atomic E-state index is -1.17. The van der Waals surface area contributed by atoms with Crippen molar-refractivity contribution in [1.82, 2.24) is 20.3 Å². The van der Waals surface area contributed by atoms with Crippen LogP contribution in [-0.2, 0) is 11.2 Å². The van der Waals surface area contributed by atoms with Crippen molar-refractivity contribution in [2.45, 2.75) is 12.5 Å². The Morgan fingerprint density at radius 2 is 2.20 bits per heavy atom. The Labute approximate surface area is 112 Å². The molecular formula is C12H12N4O4. The maximum Gasteiger partial charge on any atom is 0.326 e. The zero-order valence-electron chi connectivity index (χ0n) is 10.3. The third kappa shape index (κ3) is 3.31. The maximum atomic E-state index is 11.9. The van der Waals surface area contributed by atoms with Gasteiger partial charge in [-0.2, -0.15) is 0 Å². The Balaban J connectivity index is 2.10. The minimum absolute atomic E-state index is 0.00774. The summed E-state index contributed by atoms with van der Waals surface area (Å²) >= 11 is 0. The molecule has 8 heteroatoms. The lowest BCUT2D eigenvalue weighted by molar-refractivity contribution is -0.139. The predicted molar refractivity (Wildman–Crippen MR) is 68.2 cm³/mol. The van der Waals surface area contributed by atoms with E-state index in [1.54, 1.807) is 0 Å². The fourth-order valence-corrected chi connectivity index (χ4v) is 1.63. The van der Waals surface area contributed by atoms with Crippen molar-refractivity contribution in [2.75, 3.05) is 0 Å². The van der Waals surface area contributed by atoms with Gasteiger partial charge in [-0.1, -0.05) is 6.07 Å². The first-order valence-electron chi connectivity index (χ1n) is 5.76. The van der Waals surface area contributed by atoms with Gasteiger partial charge in [0.05, 0.1) is 6.33 Å². The number of imidazole rings is 1. The third-order valence-corrected chi connectivity index (χ3v) is 2.60. The molecule has 0 aliphatic rings. The van der Waals surface area contributed by atoms with Gasteiger partial charge in [-0.3, -0.25) is 9.59 Å². The number of nitrogens with zero attached hydrogens (tertiary/aromatic N) is 1. The van der Waals surface area contributed by atoms with Crippen LogP contribution in [0, 0.1) is 0 Å². The topological polar surface area (TPSA) is 128 Å². The van der Waals surface area contributed by atoms with E-state index >= 15 is 0 Å². The summed E-state index contributed by atoms with van der Waals surface area (Å²) in [6, 6.07) is 2.95. The highest BCUT2D eigenvalue weighted by Gasteiger charge is 2.22. The van der Waals surface area contributed by atoms with Crippen LogP contribution in [0.15, 0.2) is 35.5 Å². The van der Waals surface area contributed by atoms with Gasteiger partial charge in [0.1, 0.15) is 11.7 Å². The van der Waals surface area contributed by atoms with Crippen molar-refractivity contribution in [3.63, 3.8) is 0 Å². The van der Waals surface area contributed by atoms with E-state index in [9.17, 15) is 14.4 Å². The molecule has 0 radical (unpaired) electrons. The molecule has 2 heterocycles. The molecule has 0 unspecified atom stereocenters. The smallest absolute Gasteiger partial charge is 0.326 e. The van der Waals surface area contributed by atoms with E-state index < -0.39 is 23.5 Å². The highest BCUT2D eigenvalue weighted by Crippen LogP contribution is 2.00. The van der Waals surface area contributed by atoms with E-state index in [1.807, 2.05) is 0 Å². The molecule has 20 heavy (non-hydrogen) atoms. The molecule has 1 amide bonds. The lowest BCUT2D eigenvalue weighted by atomic mass is 10.1. The molecule has 0 fully saturated rings. The molecule has 2 rings (SSSR count). The van der Waals surface area contributed by atoms with Crippen LogP contribution in [0.1, 0.15) is 16.2 Å². The van der Waals surface area contributed by atoms with Gasteiger partial charge in [0.25, 0.3) is 5.91 Å². The van der Waals surface area contributed by atoms with Gasteiger partial charge in [0.15, 0.2) is 0 Å². The molecule has 2 aromatic rings. The lowest BCUT2D eigenvalue weighted by Crippen LogP contribution is -2.43. The molecule has 0 spiro atoms. The number of aliphatic carboxylic acids is 1. The van der Waals surface area contributed by atoms with E-state index in [0.717, 1.165) is 0 Å². The molecule has 104 valence electrons. The van der Waals surface area contributed by atoms with E-state index in [-0.39, 0.29) is 12.1 Å². The number of rotatable bonds is 5. The molecule has 4 N–H and O–H groups in total. The van der Waals surface area contributed by atoms with Crippen molar-refractivity contribution in [2.24, 2.45) is 0 Å². The van der Waals surface area contributed by atoms with Gasteiger partial charge in [0.2, 0.25) is 5.56 Å². The summed E-state index contributed by atoms with van der Waals surface area (Å²) in [4.78, 5) is 43.0. The lowest BCUT2D eigenvalue weighted by Gasteiger charge is -2.13. The molecule has 8 nitrogen and oxygen atoms in total. The largest absolute Gasteiger partial charge is 0.480 e. The number of carboxylic acid groups (broad SMARTS) is 1. The number of carbonyl (C=O) groups is 2. The molecule has 0 bridgehead atoms. The number of hydrogen-bond donors (Lipinski definition) is 4. The Bertz CT molecular complexity index is 662. The van der Waals surface area contributed by atoms with E-state index in [4.69, 9.17) is 5.11 Å². The highest BCUT2D eigenvalue weighted by atomic mass is 16.4. The van der Waals surface area contributed by atoms with E-state index in [1.165, 1.54) is 30.7 Å². The first kappa shape index (κ1) is 13.5. The second-order valence-corrected chi connectivity index (χ2v) is 4.07. The van der Waals surface area contributed by atoms with Crippen LogP contribution in [0.4, 0.5) is 0 Å². The number of H-pyrrole nitrogens is 2. The number of carboxylic acids is 1. The predicted octanol–water partition coefficient (Wildman–Crippen LogP) is -0.476. The van der Waals surface area contributed by atoms with Crippen molar-refractivity contribution < 1.29 is 14.7 Å². The highest BCUT2D eigenvalue weighted by molar-refractivity contribution is 5.94. The summed E-state index contributed by atoms with van der Waals surface area (Å²) in [5.41, 5.74) is 0.158. The number of amides is 1. The van der Waals surface area contributed by atoms with Gasteiger partial charge < -0.3 is 20.4 Å². The Hall–Kier alpha value is -2.90. The number of aromatic amines is 2. The fraction of sp³-hybridized carbons (Fsp3) is 0.167. The fourth-order valence-electron chi connectivity index (χ4n) is 1.63. The molecule has 1 atom stereocenters. The number of carbonyl (C=O) groups excluding carboxylic acids is 1. The quantitative estimate of drug-likeness (QED) is 0.586. The van der Waals surface area contributed by atoms with Gasteiger partial charge in [-0.25, -0.2) is 9.78 Å². The SMILES string of the molecule is O=C(N[C@@H](Cc1cnc[nH]1)C(=O)O)c1cccc(=O)[nH]1. The second kappa shape index (κ2) is 5.83. The number of aromatic nitrogens is 3. The summed E-state index contributed by atoms with van der Waals surface area (Å²) in [5.74, 6) is -1.83. The average Bonchev–Trinajstić information content (AvgIpc) is 2.90. The maximum absolute atomic E-state index is 11.9. The van der Waals surface area contributed by atoms with Crippen LogP contribution in [0.5, 0.6) is 0 Å². The summed E-state index contributed by atoms with van der Waals surface area (Å²) in [7, 11) is 0. The first-order valence-corrected chi connectivity index (χ1v) is 5.76. The summed E-state index contributed by atoms with van der Waals surface area (Å²) in [6.45, 7) is 0. The molecular weight excluding hydrogens is 264 g/mol. The van der Waals surface area contributed by atoms with Gasteiger partial charge >= 0.3 is 5.97 Å².